The van der Waals surface area contributed by atoms with E-state index in [0.717, 1.165) is 0 Å². The molecular formula is C7H13F3N2O. The predicted octanol–water partition coefficient (Wildman–Crippen LogP) is 0.761. The van der Waals surface area contributed by atoms with Gasteiger partial charge in [0.2, 0.25) is 0 Å². The molecule has 1 heterocycles. The topological polar surface area (TPSA) is 38.5 Å². The van der Waals surface area contributed by atoms with Gasteiger partial charge in [-0.2, -0.15) is 13.2 Å². The van der Waals surface area contributed by atoms with Crippen LogP contribution in [0.4, 0.5) is 13.2 Å². The highest BCUT2D eigenvalue weighted by molar-refractivity contribution is 4.93. The Morgan fingerprint density at radius 2 is 2.15 bits per heavy atom. The fraction of sp³-hybridized carbons (Fsp3) is 1.00. The molecule has 0 spiro atoms. The first kappa shape index (κ1) is 10.7. The van der Waals surface area contributed by atoms with E-state index in [-0.39, 0.29) is 26.1 Å². The fourth-order valence-electron chi connectivity index (χ4n) is 1.61. The molecular weight excluding hydrogens is 185 g/mol. The molecule has 1 aliphatic rings. The Kier molecular flexibility index (Phi) is 2.84. The van der Waals surface area contributed by atoms with Gasteiger partial charge in [-0.15, -0.1) is 0 Å². The summed E-state index contributed by atoms with van der Waals surface area (Å²) in [7, 11) is 1.27. The van der Waals surface area contributed by atoms with Gasteiger partial charge in [-0.3, -0.25) is 5.84 Å². The number of hydrogen-bond acceptors (Lipinski definition) is 3. The van der Waals surface area contributed by atoms with Crippen LogP contribution in [0.3, 0.4) is 0 Å². The molecule has 2 N–H and O–H groups in total. The molecule has 0 radical (unpaired) electrons. The molecule has 0 aliphatic carbocycles. The second-order valence-corrected chi connectivity index (χ2v) is 3.43. The average Bonchev–Trinajstić information content (AvgIpc) is 2.32. The number of methoxy groups -OCH3 is 1. The molecule has 0 aromatic heterocycles. The van der Waals surface area contributed by atoms with Crippen molar-refractivity contribution >= 4 is 0 Å². The van der Waals surface area contributed by atoms with Gasteiger partial charge in [-0.05, 0) is 6.42 Å². The van der Waals surface area contributed by atoms with Crippen LogP contribution in [0.1, 0.15) is 6.42 Å². The summed E-state index contributed by atoms with van der Waals surface area (Å²) in [5.41, 5.74) is -1.77. The molecule has 13 heavy (non-hydrogen) atoms. The van der Waals surface area contributed by atoms with Gasteiger partial charge < -0.3 is 4.74 Å². The number of alkyl halides is 3. The summed E-state index contributed by atoms with van der Waals surface area (Å²) in [6, 6.07) is 0. The minimum absolute atomic E-state index is 0.0147. The molecule has 3 nitrogen and oxygen atoms in total. The van der Waals surface area contributed by atoms with Gasteiger partial charge >= 0.3 is 6.18 Å². The van der Waals surface area contributed by atoms with Crippen LogP contribution in [0, 0.1) is 5.41 Å². The third-order valence-corrected chi connectivity index (χ3v) is 2.41. The van der Waals surface area contributed by atoms with E-state index >= 15 is 0 Å². The van der Waals surface area contributed by atoms with Crippen molar-refractivity contribution in [1.29, 1.82) is 0 Å². The standard InChI is InChI=1S/C7H13F3N2O/c1-13-5-6(7(8,9)10)2-3-12(11)4-6/h2-5,11H2,1H3/t6-/m0/s1. The molecule has 0 unspecified atom stereocenters. The van der Waals surface area contributed by atoms with Crippen LogP contribution in [-0.4, -0.2) is 38.0 Å². The van der Waals surface area contributed by atoms with E-state index in [1.165, 1.54) is 12.1 Å². The third-order valence-electron chi connectivity index (χ3n) is 2.41. The van der Waals surface area contributed by atoms with Crippen LogP contribution in [0.15, 0.2) is 0 Å². The smallest absolute Gasteiger partial charge is 0.384 e. The normalized spacial score (nSPS) is 31.2. The summed E-state index contributed by atoms with van der Waals surface area (Å²) in [5, 5.41) is 1.19. The Bertz CT molecular complexity index is 181. The Balaban J connectivity index is 2.77. The Morgan fingerprint density at radius 1 is 1.54 bits per heavy atom. The van der Waals surface area contributed by atoms with Gasteiger partial charge in [0.25, 0.3) is 0 Å². The minimum atomic E-state index is -4.24. The lowest BCUT2D eigenvalue weighted by Gasteiger charge is -2.30. The van der Waals surface area contributed by atoms with E-state index in [1.54, 1.807) is 0 Å². The quantitative estimate of drug-likeness (QED) is 0.666. The van der Waals surface area contributed by atoms with Gasteiger partial charge in [0.15, 0.2) is 0 Å². The second kappa shape index (κ2) is 3.43. The van der Waals surface area contributed by atoms with Gasteiger partial charge in [-0.1, -0.05) is 0 Å². The largest absolute Gasteiger partial charge is 0.398 e. The van der Waals surface area contributed by atoms with Crippen molar-refractivity contribution < 1.29 is 17.9 Å². The molecule has 0 saturated carbocycles. The van der Waals surface area contributed by atoms with E-state index in [2.05, 4.69) is 4.74 Å². The van der Waals surface area contributed by atoms with Crippen molar-refractivity contribution in [3.63, 3.8) is 0 Å². The van der Waals surface area contributed by atoms with Crippen molar-refractivity contribution in [2.45, 2.75) is 12.6 Å². The highest BCUT2D eigenvalue weighted by Gasteiger charge is 2.57. The lowest BCUT2D eigenvalue weighted by molar-refractivity contribution is -0.233. The molecule has 0 aromatic carbocycles. The summed E-state index contributed by atoms with van der Waals surface area (Å²) in [6.45, 7) is -0.225. The Hall–Kier alpha value is -0.330. The van der Waals surface area contributed by atoms with Crippen molar-refractivity contribution in [3.8, 4) is 0 Å². The zero-order chi connectivity index (χ0) is 10.1. The zero-order valence-corrected chi connectivity index (χ0v) is 7.40. The number of nitrogens with zero attached hydrogens (tertiary/aromatic N) is 1. The van der Waals surface area contributed by atoms with E-state index in [0.29, 0.717) is 0 Å². The van der Waals surface area contributed by atoms with Crippen LogP contribution in [0.5, 0.6) is 0 Å². The maximum Gasteiger partial charge on any atom is 0.398 e. The van der Waals surface area contributed by atoms with Gasteiger partial charge in [0.1, 0.15) is 5.41 Å². The number of hydrazine groups is 1. The van der Waals surface area contributed by atoms with E-state index in [4.69, 9.17) is 5.84 Å². The number of halogens is 3. The van der Waals surface area contributed by atoms with Crippen molar-refractivity contribution in [2.24, 2.45) is 11.3 Å². The van der Waals surface area contributed by atoms with Crippen LogP contribution >= 0.6 is 0 Å². The predicted molar refractivity (Wildman–Crippen MR) is 40.7 cm³/mol. The van der Waals surface area contributed by atoms with Crippen LogP contribution in [-0.2, 0) is 4.74 Å². The number of rotatable bonds is 2. The van der Waals surface area contributed by atoms with Crippen LogP contribution in [0.2, 0.25) is 0 Å². The van der Waals surface area contributed by atoms with E-state index < -0.39 is 11.6 Å². The molecule has 0 bridgehead atoms. The summed E-state index contributed by atoms with van der Waals surface area (Å²) in [5.74, 6) is 5.32. The van der Waals surface area contributed by atoms with Crippen LogP contribution < -0.4 is 5.84 Å². The molecule has 1 rings (SSSR count). The molecule has 78 valence electrons. The molecule has 1 saturated heterocycles. The van der Waals surface area contributed by atoms with E-state index in [1.807, 2.05) is 0 Å². The van der Waals surface area contributed by atoms with Crippen LogP contribution in [0.25, 0.3) is 0 Å². The number of hydrogen-bond donors (Lipinski definition) is 1. The monoisotopic (exact) mass is 198 g/mol. The molecule has 6 heteroatoms. The van der Waals surface area contributed by atoms with Crippen molar-refractivity contribution in [1.82, 2.24) is 5.01 Å². The summed E-state index contributed by atoms with van der Waals surface area (Å²) >= 11 is 0. The average molecular weight is 198 g/mol. The second-order valence-electron chi connectivity index (χ2n) is 3.43. The first-order valence-electron chi connectivity index (χ1n) is 3.97. The Labute approximate surface area is 74.6 Å². The molecule has 1 fully saturated rings. The van der Waals surface area contributed by atoms with Crippen molar-refractivity contribution in [3.05, 3.63) is 0 Å². The Morgan fingerprint density at radius 3 is 2.46 bits per heavy atom. The number of nitrogens with two attached hydrogens (primary N) is 1. The van der Waals surface area contributed by atoms with Gasteiger partial charge in [0.05, 0.1) is 6.61 Å². The van der Waals surface area contributed by atoms with Gasteiger partial charge in [-0.25, -0.2) is 5.01 Å². The SMILES string of the molecule is COC[C@]1(C(F)(F)F)CCN(N)C1. The first-order chi connectivity index (χ1) is 5.91. The summed E-state index contributed by atoms with van der Waals surface area (Å²) < 4.78 is 42.4. The molecule has 0 amide bonds. The fourth-order valence-corrected chi connectivity index (χ4v) is 1.61. The summed E-state index contributed by atoms with van der Waals surface area (Å²) in [4.78, 5) is 0. The minimum Gasteiger partial charge on any atom is -0.384 e. The maximum atomic E-state index is 12.6. The lowest BCUT2D eigenvalue weighted by Crippen LogP contribution is -2.45. The van der Waals surface area contributed by atoms with E-state index in [9.17, 15) is 13.2 Å². The molecule has 0 aromatic rings. The molecule has 1 atom stereocenters. The molecule has 1 aliphatic heterocycles. The maximum absolute atomic E-state index is 12.6. The van der Waals surface area contributed by atoms with Crippen molar-refractivity contribution in [2.75, 3.05) is 26.8 Å². The highest BCUT2D eigenvalue weighted by Crippen LogP contribution is 2.44. The third kappa shape index (κ3) is 1.95. The number of ether oxygens (including phenoxy) is 1. The zero-order valence-electron chi connectivity index (χ0n) is 7.40. The first-order valence-corrected chi connectivity index (χ1v) is 3.97. The lowest BCUT2D eigenvalue weighted by atomic mass is 9.87. The highest BCUT2D eigenvalue weighted by atomic mass is 19.4. The summed E-state index contributed by atoms with van der Waals surface area (Å²) in [6.07, 6.45) is -4.22. The van der Waals surface area contributed by atoms with Gasteiger partial charge in [0, 0.05) is 20.2 Å².